The standard InChI is InChI=1S/C15H23NO3S/c1-6-19-12(17)7-11-9-20-14(16-11)13(18)10(2)8-15(3,4)5/h9-10H,6-8H2,1-5H3. The summed E-state index contributed by atoms with van der Waals surface area (Å²) in [4.78, 5) is 27.9. The van der Waals surface area contributed by atoms with E-state index in [2.05, 4.69) is 25.8 Å². The number of aromatic nitrogens is 1. The molecule has 0 saturated carbocycles. The molecular formula is C15H23NO3S. The van der Waals surface area contributed by atoms with Crippen LogP contribution in [0.1, 0.15) is 56.5 Å². The van der Waals surface area contributed by atoms with Gasteiger partial charge in [0.15, 0.2) is 10.8 Å². The van der Waals surface area contributed by atoms with Crippen molar-refractivity contribution >= 4 is 23.1 Å². The molecule has 20 heavy (non-hydrogen) atoms. The molecule has 0 aromatic carbocycles. The molecule has 112 valence electrons. The summed E-state index contributed by atoms with van der Waals surface area (Å²) in [7, 11) is 0. The first-order chi connectivity index (χ1) is 9.23. The molecule has 0 bridgehead atoms. The molecule has 1 unspecified atom stereocenters. The van der Waals surface area contributed by atoms with Gasteiger partial charge in [0.25, 0.3) is 0 Å². The smallest absolute Gasteiger partial charge is 0.311 e. The average Bonchev–Trinajstić information content (AvgIpc) is 2.74. The van der Waals surface area contributed by atoms with E-state index in [0.717, 1.165) is 6.42 Å². The molecule has 0 aliphatic carbocycles. The van der Waals surface area contributed by atoms with E-state index in [1.807, 2.05) is 6.92 Å². The van der Waals surface area contributed by atoms with Gasteiger partial charge >= 0.3 is 5.97 Å². The summed E-state index contributed by atoms with van der Waals surface area (Å²) in [5, 5.41) is 2.24. The molecule has 0 aliphatic rings. The van der Waals surface area contributed by atoms with Gasteiger partial charge in [0.05, 0.1) is 18.7 Å². The van der Waals surface area contributed by atoms with Crippen molar-refractivity contribution in [2.75, 3.05) is 6.61 Å². The lowest BCUT2D eigenvalue weighted by Crippen LogP contribution is -2.18. The lowest BCUT2D eigenvalue weighted by Gasteiger charge is -2.21. The van der Waals surface area contributed by atoms with Crippen LogP contribution in [0.4, 0.5) is 0 Å². The van der Waals surface area contributed by atoms with Gasteiger partial charge in [0, 0.05) is 11.3 Å². The fraction of sp³-hybridized carbons (Fsp3) is 0.667. The fourth-order valence-electron chi connectivity index (χ4n) is 2.08. The van der Waals surface area contributed by atoms with Crippen LogP contribution in [0.3, 0.4) is 0 Å². The van der Waals surface area contributed by atoms with Crippen molar-refractivity contribution in [3.63, 3.8) is 0 Å². The first kappa shape index (κ1) is 16.8. The summed E-state index contributed by atoms with van der Waals surface area (Å²) in [5.41, 5.74) is 0.722. The molecule has 0 N–H and O–H groups in total. The molecule has 5 heteroatoms. The largest absolute Gasteiger partial charge is 0.466 e. The van der Waals surface area contributed by atoms with Crippen LogP contribution in [-0.4, -0.2) is 23.3 Å². The molecule has 0 amide bonds. The predicted octanol–water partition coefficient (Wildman–Crippen LogP) is 3.50. The number of esters is 1. The summed E-state index contributed by atoms with van der Waals surface area (Å²) in [6.07, 6.45) is 0.948. The molecule has 1 atom stereocenters. The van der Waals surface area contributed by atoms with Crippen molar-refractivity contribution in [3.8, 4) is 0 Å². The van der Waals surface area contributed by atoms with Crippen LogP contribution in [0.5, 0.6) is 0 Å². The molecule has 0 aliphatic heterocycles. The lowest BCUT2D eigenvalue weighted by atomic mass is 9.84. The predicted molar refractivity (Wildman–Crippen MR) is 80.0 cm³/mol. The SMILES string of the molecule is CCOC(=O)Cc1csc(C(=O)C(C)CC(C)(C)C)n1. The zero-order valence-electron chi connectivity index (χ0n) is 12.9. The van der Waals surface area contributed by atoms with Gasteiger partial charge in [0.1, 0.15) is 0 Å². The number of nitrogens with zero attached hydrogens (tertiary/aromatic N) is 1. The van der Waals surface area contributed by atoms with E-state index in [9.17, 15) is 9.59 Å². The van der Waals surface area contributed by atoms with Crippen molar-refractivity contribution < 1.29 is 14.3 Å². The highest BCUT2D eigenvalue weighted by atomic mass is 32.1. The number of ether oxygens (including phenoxy) is 1. The summed E-state index contributed by atoms with van der Waals surface area (Å²) in [6, 6.07) is 0. The van der Waals surface area contributed by atoms with Gasteiger partial charge in [-0.1, -0.05) is 27.7 Å². The van der Waals surface area contributed by atoms with Crippen LogP contribution in [0.15, 0.2) is 5.38 Å². The molecule has 0 radical (unpaired) electrons. The Hall–Kier alpha value is -1.23. The first-order valence-corrected chi connectivity index (χ1v) is 7.75. The molecule has 1 rings (SSSR count). The van der Waals surface area contributed by atoms with Crippen molar-refractivity contribution in [3.05, 3.63) is 16.1 Å². The van der Waals surface area contributed by atoms with E-state index >= 15 is 0 Å². The monoisotopic (exact) mass is 297 g/mol. The van der Waals surface area contributed by atoms with Crippen LogP contribution in [-0.2, 0) is 16.0 Å². The van der Waals surface area contributed by atoms with Crippen molar-refractivity contribution in [2.45, 2.75) is 47.5 Å². The molecule has 1 aromatic rings. The van der Waals surface area contributed by atoms with Gasteiger partial charge in [0.2, 0.25) is 0 Å². The van der Waals surface area contributed by atoms with Gasteiger partial charge in [-0.05, 0) is 18.8 Å². The normalized spacial score (nSPS) is 13.1. The van der Waals surface area contributed by atoms with Crippen LogP contribution < -0.4 is 0 Å². The Bertz CT molecular complexity index is 474. The zero-order valence-corrected chi connectivity index (χ0v) is 13.7. The van der Waals surface area contributed by atoms with Crippen LogP contribution in [0, 0.1) is 11.3 Å². The Morgan fingerprint density at radius 2 is 2.05 bits per heavy atom. The summed E-state index contributed by atoms with van der Waals surface area (Å²) in [5.74, 6) is -0.309. The molecule has 0 saturated heterocycles. The number of Topliss-reactive ketones (excluding diaryl/α,β-unsaturated/α-hetero) is 1. The third-order valence-electron chi connectivity index (χ3n) is 2.76. The number of thiazole rings is 1. The Morgan fingerprint density at radius 3 is 2.60 bits per heavy atom. The molecular weight excluding hydrogens is 274 g/mol. The number of hydrogen-bond donors (Lipinski definition) is 0. The minimum Gasteiger partial charge on any atom is -0.466 e. The van der Waals surface area contributed by atoms with Gasteiger partial charge < -0.3 is 4.74 Å². The first-order valence-electron chi connectivity index (χ1n) is 6.87. The minimum atomic E-state index is -0.306. The maximum Gasteiger partial charge on any atom is 0.311 e. The van der Waals surface area contributed by atoms with E-state index in [1.165, 1.54) is 11.3 Å². The molecule has 0 fully saturated rings. The van der Waals surface area contributed by atoms with Gasteiger partial charge in [-0.25, -0.2) is 4.98 Å². The maximum atomic E-state index is 12.3. The number of carbonyl (C=O) groups is 2. The van der Waals surface area contributed by atoms with Crippen molar-refractivity contribution in [1.82, 2.24) is 4.98 Å². The Balaban J connectivity index is 2.66. The van der Waals surface area contributed by atoms with Crippen LogP contribution in [0.2, 0.25) is 0 Å². The summed E-state index contributed by atoms with van der Waals surface area (Å²) < 4.78 is 4.87. The summed E-state index contributed by atoms with van der Waals surface area (Å²) >= 11 is 1.30. The topological polar surface area (TPSA) is 56.3 Å². The van der Waals surface area contributed by atoms with Crippen molar-refractivity contribution in [2.24, 2.45) is 11.3 Å². The molecule has 4 nitrogen and oxygen atoms in total. The highest BCUT2D eigenvalue weighted by molar-refractivity contribution is 7.11. The second kappa shape index (κ2) is 6.97. The van der Waals surface area contributed by atoms with E-state index in [1.54, 1.807) is 12.3 Å². The van der Waals surface area contributed by atoms with Crippen LogP contribution >= 0.6 is 11.3 Å². The van der Waals surface area contributed by atoms with Crippen LogP contribution in [0.25, 0.3) is 0 Å². The lowest BCUT2D eigenvalue weighted by molar-refractivity contribution is -0.142. The quantitative estimate of drug-likeness (QED) is 0.595. The third-order valence-corrected chi connectivity index (χ3v) is 3.67. The van der Waals surface area contributed by atoms with Gasteiger partial charge in [-0.15, -0.1) is 11.3 Å². The van der Waals surface area contributed by atoms with E-state index < -0.39 is 0 Å². The number of ketones is 1. The second-order valence-electron chi connectivity index (χ2n) is 6.16. The third kappa shape index (κ3) is 5.41. The zero-order chi connectivity index (χ0) is 15.3. The second-order valence-corrected chi connectivity index (χ2v) is 7.01. The Kier molecular flexibility index (Phi) is 5.87. The molecule has 1 aromatic heterocycles. The maximum absolute atomic E-state index is 12.3. The number of rotatable bonds is 6. The highest BCUT2D eigenvalue weighted by Gasteiger charge is 2.24. The Morgan fingerprint density at radius 1 is 1.40 bits per heavy atom. The Labute approximate surface area is 124 Å². The van der Waals surface area contributed by atoms with Crippen molar-refractivity contribution in [1.29, 1.82) is 0 Å². The number of hydrogen-bond acceptors (Lipinski definition) is 5. The molecule has 0 spiro atoms. The van der Waals surface area contributed by atoms with Gasteiger partial charge in [-0.2, -0.15) is 0 Å². The minimum absolute atomic E-state index is 0.0556. The van der Waals surface area contributed by atoms with E-state index in [0.29, 0.717) is 17.3 Å². The number of carbonyl (C=O) groups excluding carboxylic acids is 2. The highest BCUT2D eigenvalue weighted by Crippen LogP contribution is 2.27. The molecule has 1 heterocycles. The average molecular weight is 297 g/mol. The van der Waals surface area contributed by atoms with E-state index in [-0.39, 0.29) is 29.5 Å². The fourth-order valence-corrected chi connectivity index (χ4v) is 2.95. The summed E-state index contributed by atoms with van der Waals surface area (Å²) in [6.45, 7) is 10.4. The van der Waals surface area contributed by atoms with Gasteiger partial charge in [-0.3, -0.25) is 9.59 Å². The van der Waals surface area contributed by atoms with E-state index in [4.69, 9.17) is 4.74 Å².